The van der Waals surface area contributed by atoms with Crippen molar-refractivity contribution in [2.45, 2.75) is 19.6 Å². The first-order chi connectivity index (χ1) is 30.2. The second-order valence-corrected chi connectivity index (χ2v) is 19.9. The van der Waals surface area contributed by atoms with E-state index in [-0.39, 0.29) is 20.4 Å². The zero-order valence-corrected chi connectivity index (χ0v) is 37.4. The summed E-state index contributed by atoms with van der Waals surface area (Å²) in [5, 5.41) is 0. The third-order valence-corrected chi connectivity index (χ3v) is 13.9. The fourth-order valence-corrected chi connectivity index (χ4v) is 9.45. The van der Waals surface area contributed by atoms with E-state index < -0.39 is 60.1 Å². The molecule has 0 atom stereocenters. The van der Waals surface area contributed by atoms with Crippen molar-refractivity contribution >= 4 is 86.8 Å². The summed E-state index contributed by atoms with van der Waals surface area (Å²) in [7, 11) is -19.2. The Hall–Kier alpha value is -6.22. The summed E-state index contributed by atoms with van der Waals surface area (Å²) in [5.41, 5.74) is 6.76. The van der Waals surface area contributed by atoms with E-state index in [4.69, 9.17) is 9.97 Å². The molecule has 3 aromatic heterocycles. The average molecular weight is 1040 g/mol. The van der Waals surface area contributed by atoms with Crippen molar-refractivity contribution in [3.63, 3.8) is 0 Å². The summed E-state index contributed by atoms with van der Waals surface area (Å²) >= 11 is 0. The molecule has 21 heteroatoms. The van der Waals surface area contributed by atoms with Gasteiger partial charge in [0, 0.05) is 64.7 Å². The summed E-state index contributed by atoms with van der Waals surface area (Å²) in [4.78, 5) is 15.0. The number of aromatic amines is 2. The monoisotopic (exact) mass is 1040 g/mol. The van der Waals surface area contributed by atoms with E-state index in [2.05, 4.69) is 9.97 Å². The molecule has 9 rings (SSSR count). The maximum Gasteiger partial charge on any atom is 0.124 e. The minimum atomic E-state index is -4.81. The van der Waals surface area contributed by atoms with E-state index in [9.17, 15) is 51.9 Å². The Balaban J connectivity index is 0.00000576. The van der Waals surface area contributed by atoms with Crippen LogP contribution in [-0.4, -0.2) is 71.8 Å². The van der Waals surface area contributed by atoms with E-state index in [1.807, 2.05) is 0 Å². The van der Waals surface area contributed by atoms with Gasteiger partial charge in [-0.2, -0.15) is 0 Å². The van der Waals surface area contributed by atoms with Crippen molar-refractivity contribution in [2.24, 2.45) is 0 Å². The molecule has 8 bridgehead atoms. The first-order valence-electron chi connectivity index (χ1n) is 18.6. The maximum atomic E-state index is 11.9. The van der Waals surface area contributed by atoms with E-state index in [0.717, 1.165) is 0 Å². The molecule has 0 amide bonds. The molecule has 2 aliphatic rings. The number of H-pyrrole nitrogens is 2. The van der Waals surface area contributed by atoms with E-state index in [1.54, 1.807) is 48.6 Å². The number of rotatable bonds is 8. The van der Waals surface area contributed by atoms with Gasteiger partial charge >= 0.3 is 0 Å². The zero-order chi connectivity index (χ0) is 45.3. The number of benzene rings is 4. The van der Waals surface area contributed by atoms with Crippen molar-refractivity contribution in [2.75, 3.05) is 0 Å². The molecule has 5 heterocycles. The van der Waals surface area contributed by atoms with Crippen molar-refractivity contribution in [1.82, 2.24) is 19.9 Å². The predicted octanol–water partition coefficient (Wildman–Crippen LogP) is 6.94. The Morgan fingerprint density at radius 3 is 0.662 bits per heavy atom. The van der Waals surface area contributed by atoms with Crippen molar-refractivity contribution in [3.05, 3.63) is 144 Å². The third-order valence-electron chi connectivity index (χ3n) is 10.5. The Labute approximate surface area is 384 Å². The average Bonchev–Trinajstić information content (AvgIpc) is 4.08. The van der Waals surface area contributed by atoms with E-state index >= 15 is 0 Å². The maximum absolute atomic E-state index is 11.9. The number of nitrogens with zero attached hydrogens (tertiary/aromatic N) is 2. The van der Waals surface area contributed by atoms with Gasteiger partial charge in [0.15, 0.2) is 0 Å². The molecule has 0 saturated carbocycles. The van der Waals surface area contributed by atoms with Crippen molar-refractivity contribution < 1.29 is 72.3 Å². The molecule has 2 N–H and O–H groups in total. The Kier molecular flexibility index (Phi) is 11.6. The number of aromatic nitrogens is 4. The Morgan fingerprint density at radius 2 is 0.492 bits per heavy atom. The normalized spacial score (nSPS) is 12.9. The standard InChI is InChI=1S/C44H30N4O12S4.Pd/c49-61(50,51)29-9-1-25(2-10-29)41-33-17-19-35(45-33)42(26-3-11-30(12-4-26)62(52,53)54)37-21-23-39(47-37)44(28-7-15-32(16-8-28)64(58,59)60)40-24-22-38(48-40)43(36-20-18-34(41)46-36)27-5-13-31(14-6-27)63(55,56)57;/h1-24,45,48H,(H,49,50,51)(H,52,53,54)(H,55,56,57)(H,58,59,60);/p-4. The van der Waals surface area contributed by atoms with Gasteiger partial charge in [0.05, 0.1) is 42.4 Å². The number of hydrogen-bond donors (Lipinski definition) is 2. The second kappa shape index (κ2) is 16.6. The fourth-order valence-electron chi connectivity index (χ4n) is 7.57. The van der Waals surface area contributed by atoms with Crippen LogP contribution in [0.15, 0.2) is 141 Å². The van der Waals surface area contributed by atoms with Crippen LogP contribution < -0.4 is 0 Å². The van der Waals surface area contributed by atoms with Gasteiger partial charge in [-0.1, -0.05) is 48.5 Å². The first kappa shape index (κ1) is 45.4. The van der Waals surface area contributed by atoms with Crippen LogP contribution in [0, 0.1) is 0 Å². The third kappa shape index (κ3) is 8.94. The molecular weight excluding hydrogens is 1010 g/mol. The van der Waals surface area contributed by atoms with Gasteiger partial charge < -0.3 is 28.2 Å². The molecule has 4 aromatic carbocycles. The van der Waals surface area contributed by atoms with Crippen molar-refractivity contribution in [1.29, 1.82) is 0 Å². The van der Waals surface area contributed by atoms with Crippen LogP contribution in [0.4, 0.5) is 0 Å². The van der Waals surface area contributed by atoms with Gasteiger partial charge in [-0.3, -0.25) is 0 Å². The predicted molar refractivity (Wildman–Crippen MR) is 232 cm³/mol. The zero-order valence-electron chi connectivity index (χ0n) is 32.6. The molecule has 0 aliphatic carbocycles. The van der Waals surface area contributed by atoms with Crippen LogP contribution in [0.2, 0.25) is 0 Å². The quantitative estimate of drug-likeness (QED) is 0.115. The molecule has 0 fully saturated rings. The summed E-state index contributed by atoms with van der Waals surface area (Å²) in [6, 6.07) is 27.8. The smallest absolute Gasteiger partial charge is 0.124 e. The summed E-state index contributed by atoms with van der Waals surface area (Å²) < 4.78 is 143. The molecule has 0 radical (unpaired) electrons. The van der Waals surface area contributed by atoms with Gasteiger partial charge in [-0.05, 0) is 119 Å². The summed E-state index contributed by atoms with van der Waals surface area (Å²) in [6.45, 7) is 0. The van der Waals surface area contributed by atoms with Crippen LogP contribution in [0.25, 0.3) is 90.9 Å². The molecule has 65 heavy (non-hydrogen) atoms. The van der Waals surface area contributed by atoms with Crippen LogP contribution in [-0.2, 0) is 60.9 Å². The molecule has 0 spiro atoms. The Morgan fingerprint density at radius 1 is 0.308 bits per heavy atom. The topological polar surface area (TPSA) is 286 Å². The molecular formula is C44H26N4O12PdS4-4. The van der Waals surface area contributed by atoms with Crippen LogP contribution in [0.5, 0.6) is 0 Å². The van der Waals surface area contributed by atoms with Gasteiger partial charge in [-0.15, -0.1) is 0 Å². The van der Waals surface area contributed by atoms with Crippen LogP contribution in [0.3, 0.4) is 0 Å². The largest absolute Gasteiger partial charge is 0.744 e. The molecule has 0 unspecified atom stereocenters. The van der Waals surface area contributed by atoms with Gasteiger partial charge in [0.1, 0.15) is 40.5 Å². The minimum Gasteiger partial charge on any atom is -0.744 e. The van der Waals surface area contributed by atoms with Crippen LogP contribution >= 0.6 is 0 Å². The molecule has 7 aromatic rings. The molecule has 332 valence electrons. The fraction of sp³-hybridized carbons (Fsp3) is 0. The number of nitrogens with one attached hydrogen (secondary N) is 2. The first-order valence-corrected chi connectivity index (χ1v) is 24.3. The van der Waals surface area contributed by atoms with Gasteiger partial charge in [0.25, 0.3) is 0 Å². The molecule has 16 nitrogen and oxygen atoms in total. The van der Waals surface area contributed by atoms with Crippen LogP contribution in [0.1, 0.15) is 22.8 Å². The molecule has 2 aliphatic heterocycles. The SMILES string of the molecule is O=S(=O)([O-])c1ccc(-c2c3nc(c(-c4ccc(S(=O)(=O)[O-])cc4)c4ccc([nH]4)c(-c4ccc(S(=O)(=O)[O-])cc4)c4nc(c(-c5ccc(S(=O)(=O)[O-])cc5)c5ccc2[nH]5)C=C4)C=C3)cc1.[Pd]. The number of fused-ring (bicyclic) bond motifs is 8. The molecule has 0 saturated heterocycles. The number of hydrogen-bond acceptors (Lipinski definition) is 14. The minimum absolute atomic E-state index is 0. The van der Waals surface area contributed by atoms with E-state index in [0.29, 0.717) is 89.4 Å². The van der Waals surface area contributed by atoms with Gasteiger partial charge in [0.2, 0.25) is 0 Å². The van der Waals surface area contributed by atoms with E-state index in [1.165, 1.54) is 97.1 Å². The summed E-state index contributed by atoms with van der Waals surface area (Å²) in [5.74, 6) is 0. The van der Waals surface area contributed by atoms with Crippen molar-refractivity contribution in [3.8, 4) is 44.5 Å². The Bertz CT molecular complexity index is 3300. The second-order valence-electron chi connectivity index (χ2n) is 14.4. The summed E-state index contributed by atoms with van der Waals surface area (Å²) in [6.07, 6.45) is 6.79. The van der Waals surface area contributed by atoms with Gasteiger partial charge in [-0.25, -0.2) is 43.6 Å².